The lowest BCUT2D eigenvalue weighted by atomic mass is 10.1. The molecule has 7 heteroatoms. The van der Waals surface area contributed by atoms with E-state index < -0.39 is 0 Å². The van der Waals surface area contributed by atoms with Crippen LogP contribution in [-0.2, 0) is 11.4 Å². The number of hydrogen-bond acceptors (Lipinski definition) is 4. The number of aromatic nitrogens is 1. The quantitative estimate of drug-likeness (QED) is 0.522. The number of pyridine rings is 1. The second kappa shape index (κ2) is 11.1. The van der Waals surface area contributed by atoms with Gasteiger partial charge in [-0.1, -0.05) is 29.8 Å². The van der Waals surface area contributed by atoms with Crippen molar-refractivity contribution in [3.05, 3.63) is 94.8 Å². The Kier molecular flexibility index (Phi) is 8.01. The highest BCUT2D eigenvalue weighted by Gasteiger charge is 2.11. The van der Waals surface area contributed by atoms with Crippen LogP contribution in [0.4, 0.5) is 0 Å². The van der Waals surface area contributed by atoms with Crippen LogP contribution in [0.15, 0.2) is 73.1 Å². The minimum absolute atomic E-state index is 0.138. The average molecular weight is 438 g/mol. The first-order valence-electron chi connectivity index (χ1n) is 9.96. The lowest BCUT2D eigenvalue weighted by Gasteiger charge is -2.15. The summed E-state index contributed by atoms with van der Waals surface area (Å²) in [5.74, 6) is 0.372. The summed E-state index contributed by atoms with van der Waals surface area (Å²) in [6, 6.07) is 17.9. The van der Waals surface area contributed by atoms with E-state index in [0.29, 0.717) is 17.2 Å². The van der Waals surface area contributed by atoms with Crippen molar-refractivity contribution in [2.45, 2.75) is 26.0 Å². The van der Waals surface area contributed by atoms with E-state index in [-0.39, 0.29) is 30.8 Å². The average Bonchev–Trinajstić information content (AvgIpc) is 2.79. The summed E-state index contributed by atoms with van der Waals surface area (Å²) in [5.41, 5.74) is 2.46. The Morgan fingerprint density at radius 3 is 2.48 bits per heavy atom. The number of benzene rings is 2. The third-order valence-electron chi connectivity index (χ3n) is 4.63. The van der Waals surface area contributed by atoms with Crippen LogP contribution >= 0.6 is 11.6 Å². The molecule has 0 saturated carbocycles. The van der Waals surface area contributed by atoms with Gasteiger partial charge in [-0.15, -0.1) is 0 Å². The first kappa shape index (κ1) is 22.3. The van der Waals surface area contributed by atoms with E-state index in [1.807, 2.05) is 43.3 Å². The van der Waals surface area contributed by atoms with Crippen molar-refractivity contribution < 1.29 is 14.3 Å². The summed E-state index contributed by atoms with van der Waals surface area (Å²) in [7, 11) is 0. The van der Waals surface area contributed by atoms with Gasteiger partial charge in [-0.05, 0) is 55.0 Å². The largest absolute Gasteiger partial charge is 0.489 e. The fraction of sp³-hybridized carbons (Fsp3) is 0.208. The molecule has 2 aromatic carbocycles. The zero-order valence-corrected chi connectivity index (χ0v) is 17.9. The van der Waals surface area contributed by atoms with Crippen molar-refractivity contribution in [2.75, 3.05) is 6.54 Å². The highest BCUT2D eigenvalue weighted by Crippen LogP contribution is 2.18. The Labute approximate surface area is 186 Å². The number of halogens is 1. The van der Waals surface area contributed by atoms with E-state index in [1.54, 1.807) is 36.7 Å². The summed E-state index contributed by atoms with van der Waals surface area (Å²) in [6.07, 6.45) is 3.68. The molecule has 2 amide bonds. The molecule has 0 aliphatic rings. The van der Waals surface area contributed by atoms with E-state index in [0.717, 1.165) is 16.9 Å². The first-order chi connectivity index (χ1) is 15.0. The van der Waals surface area contributed by atoms with Gasteiger partial charge >= 0.3 is 0 Å². The second-order valence-electron chi connectivity index (χ2n) is 7.02. The van der Waals surface area contributed by atoms with Crippen LogP contribution in [0.1, 0.15) is 40.9 Å². The molecule has 0 aliphatic heterocycles. The van der Waals surface area contributed by atoms with E-state index in [1.165, 1.54) is 0 Å². The van der Waals surface area contributed by atoms with Gasteiger partial charge < -0.3 is 15.4 Å². The Balaban J connectivity index is 1.40. The molecule has 6 nitrogen and oxygen atoms in total. The highest BCUT2D eigenvalue weighted by atomic mass is 35.5. The van der Waals surface area contributed by atoms with Crippen molar-refractivity contribution in [1.29, 1.82) is 0 Å². The maximum atomic E-state index is 12.2. The van der Waals surface area contributed by atoms with E-state index in [4.69, 9.17) is 16.3 Å². The van der Waals surface area contributed by atoms with Crippen LogP contribution in [-0.4, -0.2) is 23.3 Å². The minimum Gasteiger partial charge on any atom is -0.489 e. The van der Waals surface area contributed by atoms with Gasteiger partial charge in [0, 0.05) is 41.5 Å². The number of carbonyl (C=O) groups excluding carboxylic acids is 2. The molecule has 0 radical (unpaired) electrons. The number of ether oxygens (including phenoxy) is 1. The standard InChI is InChI=1S/C24H24ClN3O3/c1-17(19-6-10-22(11-7-19)31-16-18-3-2-13-26-15-18)28-23(29)12-14-27-24(30)20-4-8-21(25)9-5-20/h2-11,13,15,17H,12,14,16H2,1H3,(H,27,30)(H,28,29). The SMILES string of the molecule is CC(NC(=O)CCNC(=O)c1ccc(Cl)cc1)c1ccc(OCc2cccnc2)cc1. The van der Waals surface area contributed by atoms with Gasteiger partial charge in [0.05, 0.1) is 6.04 Å². The summed E-state index contributed by atoms with van der Waals surface area (Å²) in [4.78, 5) is 28.3. The molecule has 3 aromatic rings. The van der Waals surface area contributed by atoms with Crippen molar-refractivity contribution in [2.24, 2.45) is 0 Å². The summed E-state index contributed by atoms with van der Waals surface area (Å²) in [6.45, 7) is 2.61. The Morgan fingerprint density at radius 1 is 1.06 bits per heavy atom. The number of rotatable bonds is 9. The molecule has 31 heavy (non-hydrogen) atoms. The number of hydrogen-bond donors (Lipinski definition) is 2. The van der Waals surface area contributed by atoms with Gasteiger partial charge in [-0.2, -0.15) is 0 Å². The zero-order chi connectivity index (χ0) is 22.1. The summed E-state index contributed by atoms with van der Waals surface area (Å²) in [5, 5.41) is 6.24. The molecule has 0 aliphatic carbocycles. The summed E-state index contributed by atoms with van der Waals surface area (Å²) >= 11 is 5.82. The predicted octanol–water partition coefficient (Wildman–Crippen LogP) is 4.31. The molecule has 1 heterocycles. The maximum Gasteiger partial charge on any atom is 0.251 e. The molecule has 160 valence electrons. The van der Waals surface area contributed by atoms with Crippen LogP contribution in [0.3, 0.4) is 0 Å². The van der Waals surface area contributed by atoms with Crippen molar-refractivity contribution >= 4 is 23.4 Å². The van der Waals surface area contributed by atoms with E-state index in [2.05, 4.69) is 15.6 Å². The number of nitrogens with zero attached hydrogens (tertiary/aromatic N) is 1. The van der Waals surface area contributed by atoms with Crippen LogP contribution < -0.4 is 15.4 Å². The van der Waals surface area contributed by atoms with Crippen LogP contribution in [0.5, 0.6) is 5.75 Å². The predicted molar refractivity (Wildman–Crippen MR) is 120 cm³/mol. The Morgan fingerprint density at radius 2 is 1.81 bits per heavy atom. The van der Waals surface area contributed by atoms with Gasteiger partial charge in [-0.25, -0.2) is 0 Å². The normalized spacial score (nSPS) is 11.4. The van der Waals surface area contributed by atoms with Crippen molar-refractivity contribution in [3.63, 3.8) is 0 Å². The van der Waals surface area contributed by atoms with Crippen LogP contribution in [0.25, 0.3) is 0 Å². The molecule has 0 saturated heterocycles. The molecule has 1 unspecified atom stereocenters. The van der Waals surface area contributed by atoms with Crippen LogP contribution in [0.2, 0.25) is 5.02 Å². The minimum atomic E-state index is -0.237. The van der Waals surface area contributed by atoms with Crippen LogP contribution in [0, 0.1) is 0 Å². The zero-order valence-electron chi connectivity index (χ0n) is 17.2. The molecular formula is C24H24ClN3O3. The second-order valence-corrected chi connectivity index (χ2v) is 7.46. The van der Waals surface area contributed by atoms with Gasteiger partial charge in [0.25, 0.3) is 5.91 Å². The maximum absolute atomic E-state index is 12.2. The Bertz CT molecular complexity index is 993. The Hall–Kier alpha value is -3.38. The molecule has 3 rings (SSSR count). The summed E-state index contributed by atoms with van der Waals surface area (Å²) < 4.78 is 5.75. The molecule has 0 spiro atoms. The topological polar surface area (TPSA) is 80.3 Å². The fourth-order valence-corrected chi connectivity index (χ4v) is 3.02. The third kappa shape index (κ3) is 7.12. The van der Waals surface area contributed by atoms with Gasteiger partial charge in [0.15, 0.2) is 0 Å². The first-order valence-corrected chi connectivity index (χ1v) is 10.3. The van der Waals surface area contributed by atoms with Crippen molar-refractivity contribution in [3.8, 4) is 5.75 Å². The van der Waals surface area contributed by atoms with Gasteiger partial charge in [0.1, 0.15) is 12.4 Å². The molecule has 0 bridgehead atoms. The number of carbonyl (C=O) groups is 2. The van der Waals surface area contributed by atoms with E-state index >= 15 is 0 Å². The lowest BCUT2D eigenvalue weighted by Crippen LogP contribution is -2.32. The fourth-order valence-electron chi connectivity index (χ4n) is 2.89. The number of amides is 2. The number of nitrogens with one attached hydrogen (secondary N) is 2. The van der Waals surface area contributed by atoms with Gasteiger partial charge in [0.2, 0.25) is 5.91 Å². The van der Waals surface area contributed by atoms with E-state index in [9.17, 15) is 9.59 Å². The smallest absolute Gasteiger partial charge is 0.251 e. The van der Waals surface area contributed by atoms with Gasteiger partial charge in [-0.3, -0.25) is 14.6 Å². The molecule has 2 N–H and O–H groups in total. The lowest BCUT2D eigenvalue weighted by molar-refractivity contribution is -0.121. The highest BCUT2D eigenvalue weighted by molar-refractivity contribution is 6.30. The molecular weight excluding hydrogens is 414 g/mol. The molecule has 1 atom stereocenters. The monoisotopic (exact) mass is 437 g/mol. The molecule has 1 aromatic heterocycles. The van der Waals surface area contributed by atoms with Crippen molar-refractivity contribution in [1.82, 2.24) is 15.6 Å². The molecule has 0 fully saturated rings. The third-order valence-corrected chi connectivity index (χ3v) is 4.88.